The second-order valence-electron chi connectivity index (χ2n) is 5.49. The molecule has 0 saturated carbocycles. The van der Waals surface area contributed by atoms with E-state index in [1.807, 2.05) is 26.0 Å². The summed E-state index contributed by atoms with van der Waals surface area (Å²) >= 11 is 6.07. The predicted octanol–water partition coefficient (Wildman–Crippen LogP) is 1.94. The molecule has 2 atom stereocenters. The minimum absolute atomic E-state index is 0.218. The molecular weight excluding hydrogens is 306 g/mol. The number of carbonyl (C=O) groups excluding carboxylic acids is 1. The van der Waals surface area contributed by atoms with Crippen molar-refractivity contribution in [3.63, 3.8) is 0 Å². The summed E-state index contributed by atoms with van der Waals surface area (Å²) in [6.45, 7) is 4.60. The molecule has 2 N–H and O–H groups in total. The molecule has 2 rings (SSSR count). The summed E-state index contributed by atoms with van der Waals surface area (Å²) in [7, 11) is 0. The van der Waals surface area contributed by atoms with Crippen LogP contribution in [0.1, 0.15) is 24.2 Å². The summed E-state index contributed by atoms with van der Waals surface area (Å²) in [6, 6.07) is 0. The maximum atomic E-state index is 12.2. The number of carboxylic acid groups (broad SMARTS) is 1. The minimum Gasteiger partial charge on any atom is -0.481 e. The summed E-state index contributed by atoms with van der Waals surface area (Å²) in [6.07, 6.45) is 4.56. The van der Waals surface area contributed by atoms with E-state index in [1.165, 1.54) is 0 Å². The van der Waals surface area contributed by atoms with Crippen molar-refractivity contribution >= 4 is 23.5 Å². The summed E-state index contributed by atoms with van der Waals surface area (Å²) in [5.41, 5.74) is 1.62. The first-order valence-corrected chi connectivity index (χ1v) is 7.64. The van der Waals surface area contributed by atoms with Gasteiger partial charge < -0.3 is 10.4 Å². The molecule has 0 bridgehead atoms. The van der Waals surface area contributed by atoms with Crippen LogP contribution in [0.5, 0.6) is 0 Å². The van der Waals surface area contributed by atoms with Crippen molar-refractivity contribution in [1.29, 1.82) is 0 Å². The van der Waals surface area contributed by atoms with Crippen LogP contribution in [0, 0.1) is 25.7 Å². The van der Waals surface area contributed by atoms with Gasteiger partial charge in [0.05, 0.1) is 34.8 Å². The second-order valence-corrected chi connectivity index (χ2v) is 5.87. The predicted molar refractivity (Wildman–Crippen MR) is 82.7 cm³/mol. The van der Waals surface area contributed by atoms with Crippen LogP contribution in [0.3, 0.4) is 0 Å². The topological polar surface area (TPSA) is 84.2 Å². The van der Waals surface area contributed by atoms with Crippen LogP contribution in [0.4, 0.5) is 0 Å². The molecule has 1 aromatic heterocycles. The Morgan fingerprint density at radius 2 is 2.00 bits per heavy atom. The molecule has 0 aliphatic heterocycles. The Bertz CT molecular complexity index is 609. The molecule has 1 aliphatic carbocycles. The number of carboxylic acids is 1. The SMILES string of the molecule is Cc1nn(CCNC(=O)[C@@H]2CC=CC[C@H]2C(=O)O)c(C)c1Cl. The average molecular weight is 326 g/mol. The Morgan fingerprint density at radius 1 is 1.36 bits per heavy atom. The third kappa shape index (κ3) is 3.50. The number of rotatable bonds is 5. The average Bonchev–Trinajstić information content (AvgIpc) is 2.74. The van der Waals surface area contributed by atoms with E-state index in [2.05, 4.69) is 10.4 Å². The van der Waals surface area contributed by atoms with Crippen molar-refractivity contribution in [2.45, 2.75) is 33.2 Å². The molecular formula is C15H20ClN3O3. The highest BCUT2D eigenvalue weighted by molar-refractivity contribution is 6.31. The standard InChI is InChI=1S/C15H20ClN3O3/c1-9-13(16)10(2)19(18-9)8-7-17-14(20)11-5-3-4-6-12(11)15(21)22/h3-4,11-12H,5-8H2,1-2H3,(H,17,20)(H,21,22)/t11-,12-/m1/s1. The van der Waals surface area contributed by atoms with Gasteiger partial charge in [-0.15, -0.1) is 0 Å². The Kier molecular flexibility index (Phi) is 5.24. The van der Waals surface area contributed by atoms with E-state index in [9.17, 15) is 14.7 Å². The molecule has 7 heteroatoms. The number of carbonyl (C=O) groups is 2. The van der Waals surface area contributed by atoms with E-state index in [1.54, 1.807) is 4.68 Å². The number of hydrogen-bond acceptors (Lipinski definition) is 3. The lowest BCUT2D eigenvalue weighted by atomic mass is 9.82. The fourth-order valence-corrected chi connectivity index (χ4v) is 2.82. The lowest BCUT2D eigenvalue weighted by Gasteiger charge is -2.24. The van der Waals surface area contributed by atoms with E-state index in [0.717, 1.165) is 11.4 Å². The van der Waals surface area contributed by atoms with Crippen molar-refractivity contribution in [2.24, 2.45) is 11.8 Å². The van der Waals surface area contributed by atoms with Gasteiger partial charge in [-0.1, -0.05) is 23.8 Å². The van der Waals surface area contributed by atoms with Crippen molar-refractivity contribution in [2.75, 3.05) is 6.54 Å². The number of aryl methyl sites for hydroxylation is 1. The third-order valence-electron chi connectivity index (χ3n) is 4.00. The van der Waals surface area contributed by atoms with Crippen LogP contribution in [-0.2, 0) is 16.1 Å². The van der Waals surface area contributed by atoms with Gasteiger partial charge >= 0.3 is 5.97 Å². The normalized spacial score (nSPS) is 20.9. The quantitative estimate of drug-likeness (QED) is 0.810. The lowest BCUT2D eigenvalue weighted by Crippen LogP contribution is -2.40. The fourth-order valence-electron chi connectivity index (χ4n) is 2.69. The molecule has 0 radical (unpaired) electrons. The molecule has 0 saturated heterocycles. The van der Waals surface area contributed by atoms with Gasteiger partial charge in [-0.2, -0.15) is 5.10 Å². The smallest absolute Gasteiger partial charge is 0.307 e. The molecule has 1 aromatic rings. The van der Waals surface area contributed by atoms with Gasteiger partial charge in [-0.25, -0.2) is 0 Å². The monoisotopic (exact) mass is 325 g/mol. The van der Waals surface area contributed by atoms with Gasteiger partial charge in [0.15, 0.2) is 0 Å². The first-order chi connectivity index (χ1) is 10.4. The Labute approximate surface area is 134 Å². The number of nitrogens with zero attached hydrogens (tertiary/aromatic N) is 2. The highest BCUT2D eigenvalue weighted by Gasteiger charge is 2.33. The summed E-state index contributed by atoms with van der Waals surface area (Å²) in [4.78, 5) is 23.4. The highest BCUT2D eigenvalue weighted by atomic mass is 35.5. The molecule has 0 spiro atoms. The number of aromatic nitrogens is 2. The number of allylic oxidation sites excluding steroid dienone is 2. The maximum absolute atomic E-state index is 12.2. The van der Waals surface area contributed by atoms with Crippen LogP contribution in [-0.4, -0.2) is 33.3 Å². The van der Waals surface area contributed by atoms with E-state index in [-0.39, 0.29) is 5.91 Å². The molecule has 0 fully saturated rings. The Morgan fingerprint density at radius 3 is 2.55 bits per heavy atom. The highest BCUT2D eigenvalue weighted by Crippen LogP contribution is 2.26. The van der Waals surface area contributed by atoms with Crippen molar-refractivity contribution in [1.82, 2.24) is 15.1 Å². The number of halogens is 1. The van der Waals surface area contributed by atoms with E-state index in [4.69, 9.17) is 11.6 Å². The van der Waals surface area contributed by atoms with Crippen LogP contribution in [0.2, 0.25) is 5.02 Å². The molecule has 1 heterocycles. The molecule has 1 amide bonds. The molecule has 0 unspecified atom stereocenters. The summed E-state index contributed by atoms with van der Waals surface area (Å²) < 4.78 is 1.74. The molecule has 1 aliphatic rings. The van der Waals surface area contributed by atoms with Crippen molar-refractivity contribution in [3.8, 4) is 0 Å². The zero-order valence-electron chi connectivity index (χ0n) is 12.7. The van der Waals surface area contributed by atoms with Gasteiger partial charge in [-0.05, 0) is 26.7 Å². The van der Waals surface area contributed by atoms with Crippen LogP contribution >= 0.6 is 11.6 Å². The fraction of sp³-hybridized carbons (Fsp3) is 0.533. The Balaban J connectivity index is 1.91. The summed E-state index contributed by atoms with van der Waals surface area (Å²) in [5, 5.41) is 16.9. The number of hydrogen-bond donors (Lipinski definition) is 2. The Hall–Kier alpha value is -1.82. The van der Waals surface area contributed by atoms with E-state index >= 15 is 0 Å². The maximum Gasteiger partial charge on any atom is 0.307 e. The first kappa shape index (κ1) is 16.5. The van der Waals surface area contributed by atoms with Crippen molar-refractivity contribution < 1.29 is 14.7 Å². The van der Waals surface area contributed by atoms with E-state index < -0.39 is 17.8 Å². The van der Waals surface area contributed by atoms with E-state index in [0.29, 0.717) is 31.0 Å². The first-order valence-electron chi connectivity index (χ1n) is 7.26. The molecule has 6 nitrogen and oxygen atoms in total. The van der Waals surface area contributed by atoms with Gasteiger partial charge in [0, 0.05) is 6.54 Å². The van der Waals surface area contributed by atoms with Gasteiger partial charge in [-0.3, -0.25) is 14.3 Å². The van der Waals surface area contributed by atoms with Gasteiger partial charge in [0.1, 0.15) is 0 Å². The third-order valence-corrected chi connectivity index (χ3v) is 4.55. The molecule has 22 heavy (non-hydrogen) atoms. The largest absolute Gasteiger partial charge is 0.481 e. The number of nitrogens with one attached hydrogen (secondary N) is 1. The second kappa shape index (κ2) is 6.96. The van der Waals surface area contributed by atoms with Crippen LogP contribution in [0.25, 0.3) is 0 Å². The number of aliphatic carboxylic acids is 1. The lowest BCUT2D eigenvalue weighted by molar-refractivity contribution is -0.147. The molecule has 0 aromatic carbocycles. The zero-order chi connectivity index (χ0) is 16.3. The number of amides is 1. The van der Waals surface area contributed by atoms with Gasteiger partial charge in [0.25, 0.3) is 0 Å². The van der Waals surface area contributed by atoms with Crippen LogP contribution < -0.4 is 5.32 Å². The zero-order valence-corrected chi connectivity index (χ0v) is 13.4. The summed E-state index contributed by atoms with van der Waals surface area (Å²) in [5.74, 6) is -2.29. The van der Waals surface area contributed by atoms with Crippen molar-refractivity contribution in [3.05, 3.63) is 28.6 Å². The molecule has 120 valence electrons. The van der Waals surface area contributed by atoms with Gasteiger partial charge in [0.2, 0.25) is 5.91 Å². The minimum atomic E-state index is -0.921. The van der Waals surface area contributed by atoms with Crippen LogP contribution in [0.15, 0.2) is 12.2 Å².